The van der Waals surface area contributed by atoms with Crippen LogP contribution in [0.15, 0.2) is 35.5 Å². The molecule has 0 aromatic carbocycles. The fourth-order valence-corrected chi connectivity index (χ4v) is 5.92. The number of aliphatic hydroxyl groups is 2. The molecule has 2 heteroatoms. The molecule has 0 unspecified atom stereocenters. The molecule has 2 nitrogen and oxygen atoms in total. The van der Waals surface area contributed by atoms with Crippen LogP contribution in [0.2, 0.25) is 0 Å². The van der Waals surface area contributed by atoms with E-state index in [0.717, 1.165) is 23.3 Å². The number of allylic oxidation sites excluding steroid dienone is 3. The van der Waals surface area contributed by atoms with E-state index in [0.29, 0.717) is 23.8 Å². The van der Waals surface area contributed by atoms with E-state index in [2.05, 4.69) is 39.5 Å². The van der Waals surface area contributed by atoms with E-state index < -0.39 is 12.2 Å². The quantitative estimate of drug-likeness (QED) is 0.693. The average Bonchev–Trinajstić information content (AvgIpc) is 2.94. The third kappa shape index (κ3) is 3.53. The summed E-state index contributed by atoms with van der Waals surface area (Å²) in [6, 6.07) is 0. The first kappa shape index (κ1) is 18.9. The Kier molecular flexibility index (Phi) is 5.60. The lowest BCUT2D eigenvalue weighted by Crippen LogP contribution is -2.35. The second-order valence-electron chi connectivity index (χ2n) is 9.06. The Balaban J connectivity index is 1.78. The van der Waals surface area contributed by atoms with Crippen LogP contribution < -0.4 is 0 Å². The standard InChI is InChI=1S/C23H36O2/c1-5-15(2)19-10-11-20-18(7-6-12-23(19,20)4)9-8-17-13-21(24)16(3)22(25)14-17/h8-9,15,19-22,24-25H,3,5-7,10-14H2,1-2,4H3/t15-,19-,20+,21-,22-,23-/m1/s1. The molecule has 3 rings (SSSR count). The smallest absolute Gasteiger partial charge is 0.0809 e. The van der Waals surface area contributed by atoms with E-state index in [9.17, 15) is 10.2 Å². The highest BCUT2D eigenvalue weighted by Gasteiger charge is 2.50. The lowest BCUT2D eigenvalue weighted by molar-refractivity contribution is 0.0961. The van der Waals surface area contributed by atoms with Gasteiger partial charge in [0.15, 0.2) is 0 Å². The molecule has 0 aliphatic heterocycles. The van der Waals surface area contributed by atoms with Crippen LogP contribution in [0, 0.1) is 23.2 Å². The van der Waals surface area contributed by atoms with E-state index in [1.54, 1.807) is 5.57 Å². The molecule has 0 saturated heterocycles. The lowest BCUT2D eigenvalue weighted by atomic mass is 9.61. The first-order valence-corrected chi connectivity index (χ1v) is 10.3. The van der Waals surface area contributed by atoms with Gasteiger partial charge in [-0.25, -0.2) is 0 Å². The van der Waals surface area contributed by atoms with Crippen LogP contribution in [0.4, 0.5) is 0 Å². The number of aliphatic hydroxyl groups excluding tert-OH is 2. The van der Waals surface area contributed by atoms with Gasteiger partial charge >= 0.3 is 0 Å². The van der Waals surface area contributed by atoms with Crippen LogP contribution in [-0.2, 0) is 0 Å². The summed E-state index contributed by atoms with van der Waals surface area (Å²) < 4.78 is 0. The van der Waals surface area contributed by atoms with Crippen molar-refractivity contribution in [3.8, 4) is 0 Å². The third-order valence-electron chi connectivity index (χ3n) is 7.67. The predicted octanol–water partition coefficient (Wildman–Crippen LogP) is 5.17. The van der Waals surface area contributed by atoms with Crippen LogP contribution in [0.25, 0.3) is 0 Å². The Hall–Kier alpha value is -0.860. The number of fused-ring (bicyclic) bond motifs is 1. The third-order valence-corrected chi connectivity index (χ3v) is 7.67. The van der Waals surface area contributed by atoms with Gasteiger partial charge in [0, 0.05) is 0 Å². The molecule has 3 aliphatic carbocycles. The van der Waals surface area contributed by atoms with Crippen molar-refractivity contribution >= 4 is 0 Å². The van der Waals surface area contributed by atoms with Crippen molar-refractivity contribution in [3.05, 3.63) is 35.5 Å². The zero-order chi connectivity index (χ0) is 18.2. The first-order valence-electron chi connectivity index (χ1n) is 10.3. The summed E-state index contributed by atoms with van der Waals surface area (Å²) >= 11 is 0. The van der Waals surface area contributed by atoms with Crippen LogP contribution in [0.1, 0.15) is 72.1 Å². The monoisotopic (exact) mass is 344 g/mol. The summed E-state index contributed by atoms with van der Waals surface area (Å²) in [5, 5.41) is 20.1. The molecule has 0 heterocycles. The zero-order valence-electron chi connectivity index (χ0n) is 16.3. The highest BCUT2D eigenvalue weighted by Crippen LogP contribution is 2.59. The SMILES string of the molecule is C=C1[C@H](O)CC(=CC=C2CCC[C@]3(C)[C@@H]([C@H](C)CC)CC[C@@H]23)C[C@H]1O. The van der Waals surface area contributed by atoms with Crippen molar-refractivity contribution in [2.45, 2.75) is 84.3 Å². The molecular formula is C23H36O2. The van der Waals surface area contributed by atoms with Gasteiger partial charge in [0.05, 0.1) is 12.2 Å². The van der Waals surface area contributed by atoms with Gasteiger partial charge < -0.3 is 10.2 Å². The molecule has 25 heavy (non-hydrogen) atoms. The molecule has 0 amide bonds. The number of rotatable bonds is 3. The van der Waals surface area contributed by atoms with Crippen LogP contribution >= 0.6 is 0 Å². The highest BCUT2D eigenvalue weighted by molar-refractivity contribution is 5.29. The summed E-state index contributed by atoms with van der Waals surface area (Å²) in [7, 11) is 0. The minimum atomic E-state index is -0.591. The van der Waals surface area contributed by atoms with Gasteiger partial charge in [0.2, 0.25) is 0 Å². The molecule has 0 aromatic rings. The minimum absolute atomic E-state index is 0.470. The summed E-state index contributed by atoms with van der Waals surface area (Å²) in [4.78, 5) is 0. The first-order chi connectivity index (χ1) is 11.9. The van der Waals surface area contributed by atoms with Crippen molar-refractivity contribution in [2.24, 2.45) is 23.2 Å². The number of hydrogen-bond donors (Lipinski definition) is 2. The molecule has 0 aromatic heterocycles. The summed E-state index contributed by atoms with van der Waals surface area (Å²) in [6.45, 7) is 11.1. The van der Waals surface area contributed by atoms with Gasteiger partial charge in [-0.3, -0.25) is 0 Å². The Morgan fingerprint density at radius 2 is 1.88 bits per heavy atom. The molecule has 3 saturated carbocycles. The van der Waals surface area contributed by atoms with E-state index in [4.69, 9.17) is 0 Å². The van der Waals surface area contributed by atoms with Crippen molar-refractivity contribution in [1.29, 1.82) is 0 Å². The largest absolute Gasteiger partial charge is 0.388 e. The fourth-order valence-electron chi connectivity index (χ4n) is 5.92. The normalized spacial score (nSPS) is 41.7. The summed E-state index contributed by atoms with van der Waals surface area (Å²) in [5.41, 5.74) is 3.81. The van der Waals surface area contributed by atoms with E-state index in [1.165, 1.54) is 38.5 Å². The average molecular weight is 345 g/mol. The van der Waals surface area contributed by atoms with Crippen molar-refractivity contribution in [3.63, 3.8) is 0 Å². The van der Waals surface area contributed by atoms with Crippen LogP contribution in [-0.4, -0.2) is 22.4 Å². The topological polar surface area (TPSA) is 40.5 Å². The zero-order valence-corrected chi connectivity index (χ0v) is 16.3. The molecule has 0 bridgehead atoms. The molecule has 3 fully saturated rings. The number of hydrogen-bond acceptors (Lipinski definition) is 2. The van der Waals surface area contributed by atoms with Crippen molar-refractivity contribution in [2.75, 3.05) is 0 Å². The van der Waals surface area contributed by atoms with E-state index in [1.807, 2.05) is 0 Å². The van der Waals surface area contributed by atoms with Gasteiger partial charge in [-0.2, -0.15) is 0 Å². The Bertz CT molecular complexity index is 557. The molecule has 6 atom stereocenters. The molecule has 0 radical (unpaired) electrons. The Morgan fingerprint density at radius 1 is 1.20 bits per heavy atom. The summed E-state index contributed by atoms with van der Waals surface area (Å²) in [5.74, 6) is 2.41. The second kappa shape index (κ2) is 7.40. The second-order valence-corrected chi connectivity index (χ2v) is 9.06. The van der Waals surface area contributed by atoms with Crippen LogP contribution in [0.5, 0.6) is 0 Å². The van der Waals surface area contributed by atoms with Gasteiger partial charge in [0.1, 0.15) is 0 Å². The molecule has 3 aliphatic rings. The fraction of sp³-hybridized carbons (Fsp3) is 0.739. The molecule has 140 valence electrons. The maximum absolute atomic E-state index is 10.0. The van der Waals surface area contributed by atoms with E-state index in [-0.39, 0.29) is 0 Å². The van der Waals surface area contributed by atoms with Crippen molar-refractivity contribution < 1.29 is 10.2 Å². The van der Waals surface area contributed by atoms with Crippen LogP contribution in [0.3, 0.4) is 0 Å². The maximum atomic E-state index is 10.0. The summed E-state index contributed by atoms with van der Waals surface area (Å²) in [6.07, 6.45) is 12.5. The van der Waals surface area contributed by atoms with Gasteiger partial charge in [-0.05, 0) is 73.7 Å². The van der Waals surface area contributed by atoms with E-state index >= 15 is 0 Å². The predicted molar refractivity (Wildman–Crippen MR) is 104 cm³/mol. The molecular weight excluding hydrogens is 308 g/mol. The van der Waals surface area contributed by atoms with Gasteiger partial charge in [-0.15, -0.1) is 0 Å². The molecule has 2 N–H and O–H groups in total. The van der Waals surface area contributed by atoms with Gasteiger partial charge in [0.25, 0.3) is 0 Å². The lowest BCUT2D eigenvalue weighted by Gasteiger charge is -2.44. The van der Waals surface area contributed by atoms with Gasteiger partial charge in [-0.1, -0.05) is 57.1 Å². The highest BCUT2D eigenvalue weighted by atomic mass is 16.3. The molecule has 0 spiro atoms. The minimum Gasteiger partial charge on any atom is -0.388 e. The Labute approximate surface area is 153 Å². The van der Waals surface area contributed by atoms with Crippen molar-refractivity contribution in [1.82, 2.24) is 0 Å². The maximum Gasteiger partial charge on any atom is 0.0809 e. The Morgan fingerprint density at radius 3 is 2.52 bits per heavy atom.